The van der Waals surface area contributed by atoms with Gasteiger partial charge in [0.25, 0.3) is 0 Å². The molecule has 0 N–H and O–H groups in total. The van der Waals surface area contributed by atoms with Crippen LogP contribution in [0.25, 0.3) is 0 Å². The molecule has 0 saturated heterocycles. The molecule has 118 valence electrons. The molecule has 1 aromatic carbocycles. The van der Waals surface area contributed by atoms with E-state index in [1.54, 1.807) is 7.11 Å². The summed E-state index contributed by atoms with van der Waals surface area (Å²) in [5.74, 6) is 1.85. The lowest BCUT2D eigenvalue weighted by molar-refractivity contribution is -0.131. The highest BCUT2D eigenvalue weighted by Crippen LogP contribution is 2.17. The van der Waals surface area contributed by atoms with E-state index in [-0.39, 0.29) is 5.91 Å². The lowest BCUT2D eigenvalue weighted by Gasteiger charge is -2.20. The van der Waals surface area contributed by atoms with Crippen molar-refractivity contribution >= 4 is 5.91 Å². The summed E-state index contributed by atoms with van der Waals surface area (Å²) >= 11 is 0. The van der Waals surface area contributed by atoms with Gasteiger partial charge < -0.3 is 14.4 Å². The zero-order chi connectivity index (χ0) is 15.5. The highest BCUT2D eigenvalue weighted by atomic mass is 16.5. The molecule has 0 aliphatic carbocycles. The fraction of sp³-hybridized carbons (Fsp3) is 0.588. The van der Waals surface area contributed by atoms with E-state index < -0.39 is 0 Å². The summed E-state index contributed by atoms with van der Waals surface area (Å²) in [6.45, 7) is 6.38. The van der Waals surface area contributed by atoms with Crippen molar-refractivity contribution in [3.63, 3.8) is 0 Å². The molecular weight excluding hydrogens is 266 g/mol. The minimum Gasteiger partial charge on any atom is -0.497 e. The van der Waals surface area contributed by atoms with Gasteiger partial charge in [0, 0.05) is 19.5 Å². The molecule has 0 aliphatic rings. The van der Waals surface area contributed by atoms with Gasteiger partial charge in [-0.1, -0.05) is 13.3 Å². The minimum atomic E-state index is 0.226. The molecule has 0 spiro atoms. The second kappa shape index (κ2) is 10.1. The van der Waals surface area contributed by atoms with Gasteiger partial charge in [0.05, 0.1) is 13.7 Å². The van der Waals surface area contributed by atoms with E-state index in [0.717, 1.165) is 43.9 Å². The number of carbonyl (C=O) groups is 1. The summed E-state index contributed by atoms with van der Waals surface area (Å²) in [5, 5.41) is 0. The first-order valence-electron chi connectivity index (χ1n) is 7.75. The Kier molecular flexibility index (Phi) is 8.32. The Balaban J connectivity index is 2.24. The van der Waals surface area contributed by atoms with Crippen molar-refractivity contribution in [3.05, 3.63) is 24.3 Å². The molecule has 1 amide bonds. The zero-order valence-corrected chi connectivity index (χ0v) is 13.4. The second-order valence-corrected chi connectivity index (χ2v) is 4.95. The van der Waals surface area contributed by atoms with Gasteiger partial charge in [-0.25, -0.2) is 0 Å². The van der Waals surface area contributed by atoms with E-state index in [2.05, 4.69) is 6.92 Å². The van der Waals surface area contributed by atoms with E-state index in [1.165, 1.54) is 0 Å². The number of hydrogen-bond acceptors (Lipinski definition) is 3. The van der Waals surface area contributed by atoms with Crippen molar-refractivity contribution in [2.24, 2.45) is 0 Å². The van der Waals surface area contributed by atoms with Gasteiger partial charge in [0.15, 0.2) is 0 Å². The fourth-order valence-electron chi connectivity index (χ4n) is 2.05. The molecule has 0 unspecified atom stereocenters. The Morgan fingerprint density at radius 1 is 1.10 bits per heavy atom. The lowest BCUT2D eigenvalue weighted by Crippen LogP contribution is -2.31. The van der Waals surface area contributed by atoms with Crippen LogP contribution >= 0.6 is 0 Å². The van der Waals surface area contributed by atoms with Crippen molar-refractivity contribution in [3.8, 4) is 11.5 Å². The van der Waals surface area contributed by atoms with Crippen molar-refractivity contribution in [1.82, 2.24) is 4.90 Å². The third-order valence-corrected chi connectivity index (χ3v) is 3.38. The molecule has 0 aliphatic heterocycles. The summed E-state index contributed by atoms with van der Waals surface area (Å²) in [4.78, 5) is 14.0. The molecule has 0 fully saturated rings. The predicted molar refractivity (Wildman–Crippen MR) is 84.9 cm³/mol. The van der Waals surface area contributed by atoms with Crippen molar-refractivity contribution in [2.75, 3.05) is 26.8 Å². The smallest absolute Gasteiger partial charge is 0.222 e. The highest BCUT2D eigenvalue weighted by molar-refractivity contribution is 5.76. The number of benzene rings is 1. The van der Waals surface area contributed by atoms with Gasteiger partial charge in [-0.3, -0.25) is 4.79 Å². The van der Waals surface area contributed by atoms with Crippen LogP contribution in [0.5, 0.6) is 11.5 Å². The Hall–Kier alpha value is -1.71. The fourth-order valence-corrected chi connectivity index (χ4v) is 2.05. The number of amides is 1. The number of hydrogen-bond donors (Lipinski definition) is 0. The van der Waals surface area contributed by atoms with E-state index >= 15 is 0 Å². The number of ether oxygens (including phenoxy) is 2. The summed E-state index contributed by atoms with van der Waals surface area (Å²) in [6, 6.07) is 7.48. The Bertz CT molecular complexity index is 403. The van der Waals surface area contributed by atoms with Crippen LogP contribution in [0.1, 0.15) is 39.5 Å². The maximum atomic E-state index is 12.0. The van der Waals surface area contributed by atoms with E-state index in [9.17, 15) is 4.79 Å². The monoisotopic (exact) mass is 293 g/mol. The van der Waals surface area contributed by atoms with Gasteiger partial charge in [-0.15, -0.1) is 0 Å². The first kappa shape index (κ1) is 17.3. The number of carbonyl (C=O) groups excluding carboxylic acids is 1. The van der Waals surface area contributed by atoms with Crippen LogP contribution in [0.15, 0.2) is 24.3 Å². The van der Waals surface area contributed by atoms with Gasteiger partial charge in [-0.05, 0) is 44.0 Å². The molecule has 0 aromatic heterocycles. The Labute approximate surface area is 128 Å². The van der Waals surface area contributed by atoms with Gasteiger partial charge in [0.1, 0.15) is 11.5 Å². The standard InChI is InChI=1S/C17H27NO3/c1-4-6-13-18(5-2)17(19)8-7-14-21-16-11-9-15(20-3)10-12-16/h9-12H,4-8,13-14H2,1-3H3. The van der Waals surface area contributed by atoms with Gasteiger partial charge in [0.2, 0.25) is 5.91 Å². The average molecular weight is 293 g/mol. The largest absolute Gasteiger partial charge is 0.497 e. The molecule has 0 bridgehead atoms. The molecule has 0 atom stereocenters. The van der Waals surface area contributed by atoms with Crippen LogP contribution in [0.2, 0.25) is 0 Å². The minimum absolute atomic E-state index is 0.226. The zero-order valence-electron chi connectivity index (χ0n) is 13.4. The Morgan fingerprint density at radius 2 is 1.76 bits per heavy atom. The third-order valence-electron chi connectivity index (χ3n) is 3.38. The molecule has 1 rings (SSSR count). The highest BCUT2D eigenvalue weighted by Gasteiger charge is 2.10. The van der Waals surface area contributed by atoms with Gasteiger partial charge in [-0.2, -0.15) is 0 Å². The van der Waals surface area contributed by atoms with Crippen LogP contribution in [0.3, 0.4) is 0 Å². The predicted octanol–water partition coefficient (Wildman–Crippen LogP) is 3.50. The molecule has 4 heteroatoms. The SMILES string of the molecule is CCCCN(CC)C(=O)CCCOc1ccc(OC)cc1. The second-order valence-electron chi connectivity index (χ2n) is 4.95. The average Bonchev–Trinajstić information content (AvgIpc) is 2.53. The molecule has 0 heterocycles. The molecule has 1 aromatic rings. The quantitative estimate of drug-likeness (QED) is 0.620. The number of unbranched alkanes of at least 4 members (excludes halogenated alkanes) is 1. The normalized spacial score (nSPS) is 10.2. The molecule has 21 heavy (non-hydrogen) atoms. The van der Waals surface area contributed by atoms with Crippen molar-refractivity contribution in [2.45, 2.75) is 39.5 Å². The number of nitrogens with zero attached hydrogens (tertiary/aromatic N) is 1. The Morgan fingerprint density at radius 3 is 2.33 bits per heavy atom. The maximum absolute atomic E-state index is 12.0. The first-order chi connectivity index (χ1) is 10.2. The number of rotatable bonds is 10. The number of methoxy groups -OCH3 is 1. The summed E-state index contributed by atoms with van der Waals surface area (Å²) in [7, 11) is 1.64. The van der Waals surface area contributed by atoms with Crippen LogP contribution in [-0.2, 0) is 4.79 Å². The van der Waals surface area contributed by atoms with Crippen LogP contribution in [-0.4, -0.2) is 37.6 Å². The topological polar surface area (TPSA) is 38.8 Å². The maximum Gasteiger partial charge on any atom is 0.222 e. The molecule has 0 saturated carbocycles. The van der Waals surface area contributed by atoms with Crippen LogP contribution in [0, 0.1) is 0 Å². The summed E-state index contributed by atoms with van der Waals surface area (Å²) in [5.41, 5.74) is 0. The first-order valence-corrected chi connectivity index (χ1v) is 7.75. The lowest BCUT2D eigenvalue weighted by atomic mass is 10.2. The molecule has 0 radical (unpaired) electrons. The van der Waals surface area contributed by atoms with Gasteiger partial charge >= 0.3 is 0 Å². The van der Waals surface area contributed by atoms with Crippen molar-refractivity contribution < 1.29 is 14.3 Å². The van der Waals surface area contributed by atoms with Crippen molar-refractivity contribution in [1.29, 1.82) is 0 Å². The molecular formula is C17H27NO3. The van der Waals surface area contributed by atoms with Crippen LogP contribution in [0.4, 0.5) is 0 Å². The van der Waals surface area contributed by atoms with Crippen LogP contribution < -0.4 is 9.47 Å². The summed E-state index contributed by atoms with van der Waals surface area (Å²) < 4.78 is 10.7. The van der Waals surface area contributed by atoms with E-state index in [0.29, 0.717) is 13.0 Å². The third kappa shape index (κ3) is 6.52. The molecule has 4 nitrogen and oxygen atoms in total. The van der Waals surface area contributed by atoms with E-state index in [4.69, 9.17) is 9.47 Å². The van der Waals surface area contributed by atoms with E-state index in [1.807, 2.05) is 36.1 Å². The summed E-state index contributed by atoms with van der Waals surface area (Å²) in [6.07, 6.45) is 3.48.